The monoisotopic (exact) mass is 324 g/mol. The zero-order valence-electron chi connectivity index (χ0n) is 10.9. The molecule has 0 heterocycles. The molecule has 5 nitrogen and oxygen atoms in total. The number of carbonyl (C=O) groups is 1. The van der Waals surface area contributed by atoms with E-state index in [9.17, 15) is 13.2 Å². The molecule has 21 heavy (non-hydrogen) atoms. The number of nitrogen functional groups attached to an aromatic ring is 1. The largest absolute Gasteiger partial charge is 0.399 e. The van der Waals surface area contributed by atoms with Crippen molar-refractivity contribution in [1.82, 2.24) is 0 Å². The molecular formula is C14H13ClN2O3S. The number of hydrogen-bond donors (Lipinski definition) is 2. The molecular weight excluding hydrogens is 312 g/mol. The van der Waals surface area contributed by atoms with E-state index in [-0.39, 0.29) is 9.92 Å². The van der Waals surface area contributed by atoms with Gasteiger partial charge in [0, 0.05) is 11.4 Å². The van der Waals surface area contributed by atoms with E-state index in [1.54, 1.807) is 30.3 Å². The van der Waals surface area contributed by atoms with Gasteiger partial charge in [-0.1, -0.05) is 29.8 Å². The highest BCUT2D eigenvalue weighted by Gasteiger charge is 2.22. The molecule has 0 aliphatic rings. The highest BCUT2D eigenvalue weighted by Crippen LogP contribution is 2.24. The van der Waals surface area contributed by atoms with Crippen molar-refractivity contribution in [3.63, 3.8) is 0 Å². The summed E-state index contributed by atoms with van der Waals surface area (Å²) in [5.74, 6) is -1.32. The molecule has 0 atom stereocenters. The minimum Gasteiger partial charge on any atom is -0.399 e. The number of amides is 1. The molecule has 0 aliphatic carbocycles. The van der Waals surface area contributed by atoms with Gasteiger partial charge in [-0.2, -0.15) is 0 Å². The van der Waals surface area contributed by atoms with Gasteiger partial charge in [0.15, 0.2) is 9.84 Å². The maximum absolute atomic E-state index is 12.2. The maximum atomic E-state index is 12.2. The van der Waals surface area contributed by atoms with E-state index in [1.165, 1.54) is 18.2 Å². The van der Waals surface area contributed by atoms with Gasteiger partial charge in [-0.25, -0.2) is 8.42 Å². The molecule has 110 valence electrons. The van der Waals surface area contributed by atoms with E-state index in [0.717, 1.165) is 0 Å². The lowest BCUT2D eigenvalue weighted by molar-refractivity contribution is -0.113. The Labute approximate surface area is 127 Å². The summed E-state index contributed by atoms with van der Waals surface area (Å²) in [7, 11) is -3.83. The quantitative estimate of drug-likeness (QED) is 0.845. The SMILES string of the molecule is Nc1ccc(S(=O)(=O)CC(=O)Nc2ccccc2)c(Cl)c1. The molecule has 0 unspecified atom stereocenters. The van der Waals surface area contributed by atoms with Crippen LogP contribution in [0.1, 0.15) is 0 Å². The molecule has 0 aromatic heterocycles. The van der Waals surface area contributed by atoms with Crippen molar-refractivity contribution in [2.24, 2.45) is 0 Å². The van der Waals surface area contributed by atoms with Crippen molar-refractivity contribution in [3.8, 4) is 0 Å². The lowest BCUT2D eigenvalue weighted by Gasteiger charge is -2.08. The summed E-state index contributed by atoms with van der Waals surface area (Å²) in [5, 5.41) is 2.52. The Balaban J connectivity index is 2.16. The van der Waals surface area contributed by atoms with Gasteiger partial charge >= 0.3 is 0 Å². The molecule has 2 aromatic rings. The topological polar surface area (TPSA) is 89.3 Å². The summed E-state index contributed by atoms with van der Waals surface area (Å²) in [5.41, 5.74) is 6.40. The van der Waals surface area contributed by atoms with Crippen LogP contribution in [0.4, 0.5) is 11.4 Å². The normalized spacial score (nSPS) is 11.1. The molecule has 1 amide bonds. The first-order valence-electron chi connectivity index (χ1n) is 6.01. The number of carbonyl (C=O) groups excluding carboxylic acids is 1. The van der Waals surface area contributed by atoms with E-state index in [2.05, 4.69) is 5.32 Å². The molecule has 0 aliphatic heterocycles. The molecule has 2 rings (SSSR count). The van der Waals surface area contributed by atoms with Crippen LogP contribution in [-0.2, 0) is 14.6 Å². The van der Waals surface area contributed by atoms with Crippen molar-refractivity contribution in [2.45, 2.75) is 4.90 Å². The van der Waals surface area contributed by atoms with Crippen molar-refractivity contribution in [3.05, 3.63) is 53.6 Å². The molecule has 3 N–H and O–H groups in total. The first-order valence-corrected chi connectivity index (χ1v) is 8.04. The van der Waals surface area contributed by atoms with E-state index >= 15 is 0 Å². The lowest BCUT2D eigenvalue weighted by Crippen LogP contribution is -2.23. The molecule has 7 heteroatoms. The Morgan fingerprint density at radius 1 is 1.14 bits per heavy atom. The zero-order valence-corrected chi connectivity index (χ0v) is 12.5. The Hall–Kier alpha value is -2.05. The number of anilines is 2. The second-order valence-corrected chi connectivity index (χ2v) is 6.73. The average Bonchev–Trinajstić information content (AvgIpc) is 2.38. The summed E-state index contributed by atoms with van der Waals surface area (Å²) < 4.78 is 24.4. The third-order valence-corrected chi connectivity index (χ3v) is 4.76. The third-order valence-electron chi connectivity index (χ3n) is 2.67. The number of halogens is 1. The highest BCUT2D eigenvalue weighted by atomic mass is 35.5. The fraction of sp³-hybridized carbons (Fsp3) is 0.0714. The van der Waals surface area contributed by atoms with Crippen LogP contribution in [0.3, 0.4) is 0 Å². The summed E-state index contributed by atoms with van der Waals surface area (Å²) in [6.45, 7) is 0. The Morgan fingerprint density at radius 2 is 1.81 bits per heavy atom. The fourth-order valence-corrected chi connectivity index (χ4v) is 3.48. The van der Waals surface area contributed by atoms with Crippen molar-refractivity contribution < 1.29 is 13.2 Å². The van der Waals surface area contributed by atoms with Crippen LogP contribution >= 0.6 is 11.6 Å². The van der Waals surface area contributed by atoms with Crippen LogP contribution in [0.15, 0.2) is 53.4 Å². The first kappa shape index (κ1) is 15.3. The van der Waals surface area contributed by atoms with Crippen molar-refractivity contribution in [2.75, 3.05) is 16.8 Å². The number of hydrogen-bond acceptors (Lipinski definition) is 4. The van der Waals surface area contributed by atoms with Crippen LogP contribution in [-0.4, -0.2) is 20.1 Å². The molecule has 0 spiro atoms. The van der Waals surface area contributed by atoms with Crippen molar-refractivity contribution in [1.29, 1.82) is 0 Å². The van der Waals surface area contributed by atoms with Crippen LogP contribution < -0.4 is 11.1 Å². The van der Waals surface area contributed by atoms with E-state index in [4.69, 9.17) is 17.3 Å². The molecule has 0 radical (unpaired) electrons. The second-order valence-electron chi connectivity index (χ2n) is 4.36. The summed E-state index contributed by atoms with van der Waals surface area (Å²) in [6, 6.07) is 12.7. The Bertz CT molecular complexity index is 761. The van der Waals surface area contributed by atoms with Gasteiger partial charge in [-0.3, -0.25) is 4.79 Å². The summed E-state index contributed by atoms with van der Waals surface area (Å²) in [6.07, 6.45) is 0. The highest BCUT2D eigenvalue weighted by molar-refractivity contribution is 7.92. The molecule has 0 saturated heterocycles. The first-order chi connectivity index (χ1) is 9.88. The predicted octanol–water partition coefficient (Wildman–Crippen LogP) is 2.33. The Kier molecular flexibility index (Phi) is 4.50. The third kappa shape index (κ3) is 3.96. The molecule has 0 fully saturated rings. The van der Waals surface area contributed by atoms with Gasteiger partial charge in [0.05, 0.1) is 9.92 Å². The number of nitrogens with two attached hydrogens (primary N) is 1. The lowest BCUT2D eigenvalue weighted by atomic mass is 10.3. The van der Waals surface area contributed by atoms with Crippen LogP contribution in [0, 0.1) is 0 Å². The summed E-state index contributed by atoms with van der Waals surface area (Å²) in [4.78, 5) is 11.7. The van der Waals surface area contributed by atoms with Crippen LogP contribution in [0.2, 0.25) is 5.02 Å². The van der Waals surface area contributed by atoms with Gasteiger partial charge in [0.1, 0.15) is 5.75 Å². The fourth-order valence-electron chi connectivity index (χ4n) is 1.74. The van der Waals surface area contributed by atoms with Crippen LogP contribution in [0.5, 0.6) is 0 Å². The number of rotatable bonds is 4. The van der Waals surface area contributed by atoms with Gasteiger partial charge in [0.2, 0.25) is 5.91 Å². The van der Waals surface area contributed by atoms with Gasteiger partial charge < -0.3 is 11.1 Å². The number of nitrogens with one attached hydrogen (secondary N) is 1. The number of benzene rings is 2. The van der Waals surface area contributed by atoms with Gasteiger partial charge in [0.25, 0.3) is 0 Å². The average molecular weight is 325 g/mol. The standard InChI is InChI=1S/C14H13ClN2O3S/c15-12-8-10(16)6-7-13(12)21(19,20)9-14(18)17-11-4-2-1-3-5-11/h1-8H,9,16H2,(H,17,18). The smallest absolute Gasteiger partial charge is 0.239 e. The molecule has 2 aromatic carbocycles. The minimum absolute atomic E-state index is 0.00233. The second kappa shape index (κ2) is 6.15. The van der Waals surface area contributed by atoms with E-state index in [1.807, 2.05) is 0 Å². The number of sulfone groups is 1. The van der Waals surface area contributed by atoms with Gasteiger partial charge in [-0.05, 0) is 30.3 Å². The van der Waals surface area contributed by atoms with E-state index in [0.29, 0.717) is 11.4 Å². The predicted molar refractivity (Wildman–Crippen MR) is 83.0 cm³/mol. The van der Waals surface area contributed by atoms with Crippen molar-refractivity contribution >= 4 is 38.7 Å². The van der Waals surface area contributed by atoms with E-state index < -0.39 is 21.5 Å². The zero-order chi connectivity index (χ0) is 15.5. The Morgan fingerprint density at radius 3 is 2.43 bits per heavy atom. The summed E-state index contributed by atoms with van der Waals surface area (Å²) >= 11 is 5.87. The van der Waals surface area contributed by atoms with Gasteiger partial charge in [-0.15, -0.1) is 0 Å². The minimum atomic E-state index is -3.83. The molecule has 0 bridgehead atoms. The van der Waals surface area contributed by atoms with Crippen LogP contribution in [0.25, 0.3) is 0 Å². The maximum Gasteiger partial charge on any atom is 0.239 e. The number of para-hydroxylation sites is 1. The molecule has 0 saturated carbocycles.